The average molecular weight is 398 g/mol. The van der Waals surface area contributed by atoms with Crippen LogP contribution in [0.1, 0.15) is 17.3 Å². The number of rotatable bonds is 7. The molecule has 1 unspecified atom stereocenters. The lowest BCUT2D eigenvalue weighted by atomic mass is 10.2. The molecule has 1 aromatic rings. The number of hydrogen-bond donors (Lipinski definition) is 1. The highest BCUT2D eigenvalue weighted by atomic mass is 127. The highest BCUT2D eigenvalue weighted by Gasteiger charge is 2.21. The van der Waals surface area contributed by atoms with Gasteiger partial charge in [-0.15, -0.1) is 13.2 Å². The molecule has 2 amide bonds. The van der Waals surface area contributed by atoms with Crippen molar-refractivity contribution in [1.29, 1.82) is 0 Å². The minimum absolute atomic E-state index is 0.159. The molecule has 1 N–H and O–H groups in total. The second-order valence-corrected chi connectivity index (χ2v) is 5.77. The summed E-state index contributed by atoms with van der Waals surface area (Å²) in [6.07, 6.45) is 3.30. The Morgan fingerprint density at radius 3 is 2.48 bits per heavy atom. The van der Waals surface area contributed by atoms with Gasteiger partial charge in [0.25, 0.3) is 5.91 Å². The van der Waals surface area contributed by atoms with E-state index in [4.69, 9.17) is 0 Å². The molecule has 0 heterocycles. The van der Waals surface area contributed by atoms with Gasteiger partial charge in [0.1, 0.15) is 6.04 Å². The maximum Gasteiger partial charge on any atom is 0.251 e. The van der Waals surface area contributed by atoms with Gasteiger partial charge in [-0.05, 0) is 47.7 Å². The van der Waals surface area contributed by atoms with E-state index in [-0.39, 0.29) is 11.8 Å². The van der Waals surface area contributed by atoms with Crippen LogP contribution in [0.3, 0.4) is 0 Å². The van der Waals surface area contributed by atoms with Crippen LogP contribution in [0.2, 0.25) is 0 Å². The summed E-state index contributed by atoms with van der Waals surface area (Å²) < 4.78 is 0.971. The zero-order valence-corrected chi connectivity index (χ0v) is 14.2. The lowest BCUT2D eigenvalue weighted by Gasteiger charge is -2.23. The lowest BCUT2D eigenvalue weighted by molar-refractivity contribution is -0.131. The van der Waals surface area contributed by atoms with E-state index in [0.29, 0.717) is 18.7 Å². The molecule has 112 valence electrons. The van der Waals surface area contributed by atoms with Crippen LogP contribution >= 0.6 is 22.6 Å². The number of carbonyl (C=O) groups excluding carboxylic acids is 2. The van der Waals surface area contributed by atoms with Crippen molar-refractivity contribution in [2.24, 2.45) is 0 Å². The summed E-state index contributed by atoms with van der Waals surface area (Å²) in [4.78, 5) is 26.0. The number of nitrogens with zero attached hydrogens (tertiary/aromatic N) is 1. The molecule has 0 spiro atoms. The van der Waals surface area contributed by atoms with Crippen molar-refractivity contribution < 1.29 is 9.59 Å². The van der Waals surface area contributed by atoms with Crippen molar-refractivity contribution >= 4 is 34.4 Å². The lowest BCUT2D eigenvalue weighted by Crippen LogP contribution is -2.47. The topological polar surface area (TPSA) is 49.4 Å². The van der Waals surface area contributed by atoms with E-state index in [2.05, 4.69) is 41.1 Å². The fourth-order valence-corrected chi connectivity index (χ4v) is 2.35. The van der Waals surface area contributed by atoms with Crippen LogP contribution in [0.4, 0.5) is 0 Å². The SMILES string of the molecule is C=CCN(CC=C)C(=O)C(C)NC(=O)c1cccc(I)c1. The Bertz CT molecular complexity index is 533. The normalized spacial score (nSPS) is 11.3. The van der Waals surface area contributed by atoms with Crippen molar-refractivity contribution in [2.75, 3.05) is 13.1 Å². The maximum absolute atomic E-state index is 12.3. The van der Waals surface area contributed by atoms with E-state index in [0.717, 1.165) is 3.57 Å². The first-order valence-electron chi connectivity index (χ1n) is 6.56. The predicted molar refractivity (Wildman–Crippen MR) is 93.1 cm³/mol. The summed E-state index contributed by atoms with van der Waals surface area (Å²) in [6.45, 7) is 9.78. The quantitative estimate of drug-likeness (QED) is 0.567. The third kappa shape index (κ3) is 5.34. The molecule has 0 aliphatic carbocycles. The van der Waals surface area contributed by atoms with Gasteiger partial charge >= 0.3 is 0 Å². The summed E-state index contributed by atoms with van der Waals surface area (Å²) >= 11 is 2.14. The predicted octanol–water partition coefficient (Wildman–Crippen LogP) is 2.61. The molecule has 0 aliphatic rings. The van der Waals surface area contributed by atoms with Crippen LogP contribution in [-0.2, 0) is 4.79 Å². The zero-order valence-electron chi connectivity index (χ0n) is 12.0. The maximum atomic E-state index is 12.3. The zero-order chi connectivity index (χ0) is 15.8. The van der Waals surface area contributed by atoms with Gasteiger partial charge in [-0.3, -0.25) is 9.59 Å². The van der Waals surface area contributed by atoms with Gasteiger partial charge in [0.05, 0.1) is 0 Å². The Morgan fingerprint density at radius 1 is 1.33 bits per heavy atom. The first-order valence-corrected chi connectivity index (χ1v) is 7.64. The number of halogens is 1. The Balaban J connectivity index is 2.72. The highest BCUT2D eigenvalue weighted by Crippen LogP contribution is 2.08. The fraction of sp³-hybridized carbons (Fsp3) is 0.250. The Kier molecular flexibility index (Phi) is 7.14. The Hall–Kier alpha value is -1.63. The third-order valence-electron chi connectivity index (χ3n) is 2.82. The highest BCUT2D eigenvalue weighted by molar-refractivity contribution is 14.1. The van der Waals surface area contributed by atoms with E-state index in [1.165, 1.54) is 0 Å². The van der Waals surface area contributed by atoms with Gasteiger partial charge < -0.3 is 10.2 Å². The smallest absolute Gasteiger partial charge is 0.251 e. The standard InChI is InChI=1S/C16H19IN2O2/c1-4-9-19(10-5-2)16(21)12(3)18-15(20)13-7-6-8-14(17)11-13/h4-8,11-12H,1-2,9-10H2,3H3,(H,18,20). The van der Waals surface area contributed by atoms with Gasteiger partial charge in [-0.25, -0.2) is 0 Å². The summed E-state index contributed by atoms with van der Waals surface area (Å²) in [5.74, 6) is -0.416. The molecule has 21 heavy (non-hydrogen) atoms. The summed E-state index contributed by atoms with van der Waals surface area (Å²) in [5.41, 5.74) is 0.542. The molecule has 0 aliphatic heterocycles. The monoisotopic (exact) mass is 398 g/mol. The van der Waals surface area contributed by atoms with E-state index >= 15 is 0 Å². The molecule has 0 radical (unpaired) electrons. The van der Waals surface area contributed by atoms with Crippen molar-refractivity contribution in [1.82, 2.24) is 10.2 Å². The van der Waals surface area contributed by atoms with Crippen LogP contribution in [0, 0.1) is 3.57 Å². The van der Waals surface area contributed by atoms with Gasteiger partial charge in [-0.2, -0.15) is 0 Å². The van der Waals surface area contributed by atoms with Crippen molar-refractivity contribution in [3.8, 4) is 0 Å². The second-order valence-electron chi connectivity index (χ2n) is 4.53. The third-order valence-corrected chi connectivity index (χ3v) is 3.49. The first-order chi connectivity index (χ1) is 9.99. The van der Waals surface area contributed by atoms with E-state index in [1.54, 1.807) is 36.1 Å². The Morgan fingerprint density at radius 2 is 1.95 bits per heavy atom. The molecule has 4 nitrogen and oxygen atoms in total. The molecule has 1 rings (SSSR count). The first kappa shape index (κ1) is 17.4. The van der Waals surface area contributed by atoms with Crippen LogP contribution < -0.4 is 5.32 Å². The number of nitrogens with one attached hydrogen (secondary N) is 1. The van der Waals surface area contributed by atoms with Crippen molar-refractivity contribution in [2.45, 2.75) is 13.0 Å². The number of benzene rings is 1. The van der Waals surface area contributed by atoms with Crippen LogP contribution in [0.25, 0.3) is 0 Å². The number of carbonyl (C=O) groups is 2. The summed E-state index contributed by atoms with van der Waals surface area (Å²) in [5, 5.41) is 2.72. The van der Waals surface area contributed by atoms with E-state index in [9.17, 15) is 9.59 Å². The Labute approximate surface area is 139 Å². The van der Waals surface area contributed by atoms with Gasteiger partial charge in [0.15, 0.2) is 0 Å². The van der Waals surface area contributed by atoms with Crippen LogP contribution in [0.5, 0.6) is 0 Å². The fourth-order valence-electron chi connectivity index (χ4n) is 1.81. The second kappa shape index (κ2) is 8.61. The van der Waals surface area contributed by atoms with E-state index < -0.39 is 6.04 Å². The minimum Gasteiger partial charge on any atom is -0.341 e. The minimum atomic E-state index is -0.602. The summed E-state index contributed by atoms with van der Waals surface area (Å²) in [6, 6.07) is 6.61. The molecule has 0 fully saturated rings. The average Bonchev–Trinajstić information content (AvgIpc) is 2.46. The van der Waals surface area contributed by atoms with Gasteiger partial charge in [0.2, 0.25) is 5.91 Å². The van der Waals surface area contributed by atoms with Crippen LogP contribution in [-0.4, -0.2) is 35.8 Å². The van der Waals surface area contributed by atoms with Crippen LogP contribution in [0.15, 0.2) is 49.6 Å². The molecule has 0 bridgehead atoms. The number of amides is 2. The molecule has 1 atom stereocenters. The van der Waals surface area contributed by atoms with Gasteiger partial charge in [0, 0.05) is 22.2 Å². The largest absolute Gasteiger partial charge is 0.341 e. The molecular formula is C16H19IN2O2. The molecule has 0 aromatic heterocycles. The van der Waals surface area contributed by atoms with Crippen molar-refractivity contribution in [3.05, 3.63) is 58.7 Å². The molecule has 5 heteroatoms. The van der Waals surface area contributed by atoms with Crippen molar-refractivity contribution in [3.63, 3.8) is 0 Å². The summed E-state index contributed by atoms with van der Waals surface area (Å²) in [7, 11) is 0. The number of hydrogen-bond acceptors (Lipinski definition) is 2. The molecular weight excluding hydrogens is 379 g/mol. The molecule has 0 saturated heterocycles. The van der Waals surface area contributed by atoms with E-state index in [1.807, 2.05) is 12.1 Å². The molecule has 1 aromatic carbocycles. The molecule has 0 saturated carbocycles. The van der Waals surface area contributed by atoms with Gasteiger partial charge in [-0.1, -0.05) is 18.2 Å².